The molecule has 1 aromatic carbocycles. The first kappa shape index (κ1) is 19.4. The maximum absolute atomic E-state index is 12.9. The largest absolute Gasteiger partial charge is 0.416 e. The van der Waals surface area contributed by atoms with Crippen molar-refractivity contribution in [2.75, 3.05) is 6.54 Å². The summed E-state index contributed by atoms with van der Waals surface area (Å²) in [6.45, 7) is 7.20. The van der Waals surface area contributed by atoms with Gasteiger partial charge in [-0.1, -0.05) is 17.3 Å². The molecule has 1 aliphatic heterocycles. The summed E-state index contributed by atoms with van der Waals surface area (Å²) in [4.78, 5) is 14.9. The van der Waals surface area contributed by atoms with Crippen LogP contribution in [0.15, 0.2) is 28.8 Å². The molecule has 0 aliphatic carbocycles. The second-order valence-electron chi connectivity index (χ2n) is 7.07. The van der Waals surface area contributed by atoms with E-state index in [1.807, 2.05) is 0 Å². The van der Waals surface area contributed by atoms with E-state index >= 15 is 0 Å². The van der Waals surface area contributed by atoms with Gasteiger partial charge in [0.2, 0.25) is 0 Å². The second kappa shape index (κ2) is 7.34. The molecule has 1 aromatic heterocycles. The molecular formula is C19H22F3N3O2. The highest BCUT2D eigenvalue weighted by molar-refractivity contribution is 5.94. The highest BCUT2D eigenvalue weighted by atomic mass is 19.4. The zero-order chi connectivity index (χ0) is 19.8. The number of hydrogen-bond acceptors (Lipinski definition) is 4. The van der Waals surface area contributed by atoms with E-state index in [0.717, 1.165) is 24.2 Å². The molecule has 3 rings (SSSR count). The third-order valence-corrected chi connectivity index (χ3v) is 4.86. The summed E-state index contributed by atoms with van der Waals surface area (Å²) < 4.78 is 44.0. The number of nitrogens with one attached hydrogen (secondary N) is 1. The lowest BCUT2D eigenvalue weighted by Gasteiger charge is -2.29. The van der Waals surface area contributed by atoms with Gasteiger partial charge in [-0.15, -0.1) is 0 Å². The van der Waals surface area contributed by atoms with E-state index in [4.69, 9.17) is 4.52 Å². The average Bonchev–Trinajstić information content (AvgIpc) is 3.04. The van der Waals surface area contributed by atoms with Gasteiger partial charge < -0.3 is 9.84 Å². The Bertz CT molecular complexity index is 830. The lowest BCUT2D eigenvalue weighted by molar-refractivity contribution is -0.137. The Hall–Kier alpha value is -2.35. The van der Waals surface area contributed by atoms with Crippen molar-refractivity contribution in [2.24, 2.45) is 0 Å². The molecule has 0 radical (unpaired) electrons. The summed E-state index contributed by atoms with van der Waals surface area (Å²) in [5.74, 6) is 0.249. The maximum atomic E-state index is 12.9. The van der Waals surface area contributed by atoms with Gasteiger partial charge in [-0.3, -0.25) is 9.69 Å². The van der Waals surface area contributed by atoms with Crippen LogP contribution in [0, 0.1) is 0 Å². The van der Waals surface area contributed by atoms with E-state index in [-0.39, 0.29) is 5.69 Å². The summed E-state index contributed by atoms with van der Waals surface area (Å²) in [6.07, 6.45) is -3.75. The Kier molecular flexibility index (Phi) is 5.28. The van der Waals surface area contributed by atoms with Crippen LogP contribution in [0.4, 0.5) is 13.2 Å². The molecule has 1 amide bonds. The standard InChI is InChI=1S/C19H22F3N3O2/c1-11(2)25-8-7-16-15(10-25)17(24-27-16)18(26)23-12(3)13-5-4-6-14(9-13)19(20,21)22/h4-6,9,11-12H,7-8,10H2,1-3H3,(H,23,26)/t12-/m1/s1. The number of amides is 1. The number of rotatable bonds is 4. The normalized spacial score (nSPS) is 16.3. The van der Waals surface area contributed by atoms with Gasteiger partial charge in [0.15, 0.2) is 5.69 Å². The van der Waals surface area contributed by atoms with Crippen molar-refractivity contribution in [1.29, 1.82) is 0 Å². The van der Waals surface area contributed by atoms with Crippen molar-refractivity contribution in [1.82, 2.24) is 15.4 Å². The van der Waals surface area contributed by atoms with Gasteiger partial charge in [0, 0.05) is 31.1 Å². The number of carbonyl (C=O) groups is 1. The van der Waals surface area contributed by atoms with E-state index in [1.165, 1.54) is 6.07 Å². The van der Waals surface area contributed by atoms with Crippen molar-refractivity contribution < 1.29 is 22.5 Å². The number of benzene rings is 1. The minimum Gasteiger partial charge on any atom is -0.360 e. The van der Waals surface area contributed by atoms with Crippen molar-refractivity contribution in [3.8, 4) is 0 Å². The summed E-state index contributed by atoms with van der Waals surface area (Å²) in [5.41, 5.74) is 0.588. The highest BCUT2D eigenvalue weighted by Gasteiger charge is 2.32. The third kappa shape index (κ3) is 4.16. The highest BCUT2D eigenvalue weighted by Crippen LogP contribution is 2.31. The summed E-state index contributed by atoms with van der Waals surface area (Å²) in [6, 6.07) is 4.67. The van der Waals surface area contributed by atoms with Crippen LogP contribution in [-0.4, -0.2) is 28.6 Å². The molecular weight excluding hydrogens is 359 g/mol. The first-order valence-electron chi connectivity index (χ1n) is 8.86. The van der Waals surface area contributed by atoms with Crippen LogP contribution in [0.5, 0.6) is 0 Å². The fourth-order valence-electron chi connectivity index (χ4n) is 3.18. The number of halogens is 3. The molecule has 146 valence electrons. The summed E-state index contributed by atoms with van der Waals surface area (Å²) in [5, 5.41) is 6.63. The molecule has 0 spiro atoms. The molecule has 8 heteroatoms. The molecule has 2 aromatic rings. The van der Waals surface area contributed by atoms with Crippen molar-refractivity contribution in [3.63, 3.8) is 0 Å². The van der Waals surface area contributed by atoms with Crippen LogP contribution in [0.3, 0.4) is 0 Å². The zero-order valence-corrected chi connectivity index (χ0v) is 15.4. The number of alkyl halides is 3. The van der Waals surface area contributed by atoms with E-state index in [2.05, 4.69) is 29.2 Å². The minimum atomic E-state index is -4.43. The number of hydrogen-bond donors (Lipinski definition) is 1. The maximum Gasteiger partial charge on any atom is 0.416 e. The minimum absolute atomic E-state index is 0.203. The Morgan fingerprint density at radius 1 is 1.30 bits per heavy atom. The van der Waals surface area contributed by atoms with Gasteiger partial charge in [0.05, 0.1) is 11.6 Å². The predicted molar refractivity (Wildman–Crippen MR) is 93.1 cm³/mol. The first-order chi connectivity index (χ1) is 12.7. The van der Waals surface area contributed by atoms with Crippen molar-refractivity contribution in [2.45, 2.75) is 52.0 Å². The first-order valence-corrected chi connectivity index (χ1v) is 8.86. The Morgan fingerprint density at radius 3 is 2.70 bits per heavy atom. The smallest absolute Gasteiger partial charge is 0.360 e. The fourth-order valence-corrected chi connectivity index (χ4v) is 3.18. The lowest BCUT2D eigenvalue weighted by atomic mass is 10.0. The van der Waals surface area contributed by atoms with Crippen molar-refractivity contribution >= 4 is 5.91 Å². The van der Waals surface area contributed by atoms with E-state index in [9.17, 15) is 18.0 Å². The van der Waals surface area contributed by atoms with Gasteiger partial charge >= 0.3 is 6.18 Å². The van der Waals surface area contributed by atoms with Gasteiger partial charge in [-0.05, 0) is 38.5 Å². The van der Waals surface area contributed by atoms with Gasteiger partial charge in [0.1, 0.15) is 5.76 Å². The molecule has 2 heterocycles. The van der Waals surface area contributed by atoms with E-state index < -0.39 is 23.7 Å². The van der Waals surface area contributed by atoms with Crippen LogP contribution >= 0.6 is 0 Å². The monoisotopic (exact) mass is 381 g/mol. The van der Waals surface area contributed by atoms with Gasteiger partial charge in [-0.25, -0.2) is 0 Å². The molecule has 0 saturated carbocycles. The van der Waals surface area contributed by atoms with Gasteiger partial charge in [0.25, 0.3) is 5.91 Å². The Labute approximate surface area is 155 Å². The summed E-state index contributed by atoms with van der Waals surface area (Å²) >= 11 is 0. The number of aromatic nitrogens is 1. The zero-order valence-electron chi connectivity index (χ0n) is 15.4. The predicted octanol–water partition coefficient (Wildman–Crippen LogP) is 3.95. The van der Waals surface area contributed by atoms with Crippen LogP contribution in [-0.2, 0) is 19.1 Å². The van der Waals surface area contributed by atoms with E-state index in [0.29, 0.717) is 30.3 Å². The third-order valence-electron chi connectivity index (χ3n) is 4.86. The van der Waals surface area contributed by atoms with Crippen LogP contribution in [0.25, 0.3) is 0 Å². The molecule has 1 N–H and O–H groups in total. The fraction of sp³-hybridized carbons (Fsp3) is 0.474. The van der Waals surface area contributed by atoms with Gasteiger partial charge in [-0.2, -0.15) is 13.2 Å². The molecule has 27 heavy (non-hydrogen) atoms. The molecule has 1 atom stereocenters. The van der Waals surface area contributed by atoms with Crippen LogP contribution < -0.4 is 5.32 Å². The summed E-state index contributed by atoms with van der Waals surface area (Å²) in [7, 11) is 0. The molecule has 5 nitrogen and oxygen atoms in total. The number of carbonyl (C=O) groups excluding carboxylic acids is 1. The van der Waals surface area contributed by atoms with Crippen LogP contribution in [0.2, 0.25) is 0 Å². The second-order valence-corrected chi connectivity index (χ2v) is 7.07. The molecule has 0 fully saturated rings. The topological polar surface area (TPSA) is 58.4 Å². The van der Waals surface area contributed by atoms with E-state index in [1.54, 1.807) is 13.0 Å². The van der Waals surface area contributed by atoms with Crippen molar-refractivity contribution in [3.05, 3.63) is 52.4 Å². The molecule has 1 aliphatic rings. The Balaban J connectivity index is 1.76. The molecule has 0 saturated heterocycles. The Morgan fingerprint density at radius 2 is 2.04 bits per heavy atom. The quantitative estimate of drug-likeness (QED) is 0.871. The lowest BCUT2D eigenvalue weighted by Crippen LogP contribution is -2.36. The number of nitrogens with zero attached hydrogens (tertiary/aromatic N) is 2. The molecule has 0 bridgehead atoms. The number of fused-ring (bicyclic) bond motifs is 1. The molecule has 0 unspecified atom stereocenters. The van der Waals surface area contributed by atoms with Crippen LogP contribution in [0.1, 0.15) is 59.8 Å². The SMILES string of the molecule is CC(C)N1CCc2onc(C(=O)N[C@H](C)c3cccc(C(F)(F)F)c3)c2C1. The average molecular weight is 381 g/mol.